The maximum atomic E-state index is 11.1. The van der Waals surface area contributed by atoms with Gasteiger partial charge < -0.3 is 9.47 Å². The van der Waals surface area contributed by atoms with Gasteiger partial charge in [0.1, 0.15) is 0 Å². The fourth-order valence-electron chi connectivity index (χ4n) is 0.752. The first-order valence-corrected chi connectivity index (χ1v) is 4.73. The second-order valence-electron chi connectivity index (χ2n) is 2.85. The third-order valence-corrected chi connectivity index (χ3v) is 1.40. The number of hydrogen-bond acceptors (Lipinski definition) is 8. The number of hydrogen-bond donors (Lipinski definition) is 0. The van der Waals surface area contributed by atoms with Gasteiger partial charge in [-0.15, -0.1) is 0 Å². The van der Waals surface area contributed by atoms with Crippen molar-refractivity contribution in [1.29, 1.82) is 0 Å². The summed E-state index contributed by atoms with van der Waals surface area (Å²) in [6.45, 7) is 2.69. The van der Waals surface area contributed by atoms with Crippen molar-refractivity contribution < 1.29 is 28.7 Å². The lowest BCUT2D eigenvalue weighted by atomic mass is 10.5. The van der Waals surface area contributed by atoms with E-state index >= 15 is 0 Å². The minimum Gasteiger partial charge on any atom is -0.436 e. The van der Waals surface area contributed by atoms with Crippen LogP contribution in [0.5, 0.6) is 0 Å². The number of carbonyl (C=O) groups is 2. The number of rotatable bonds is 6. The maximum Gasteiger partial charge on any atom is 0.333 e. The predicted molar refractivity (Wildman–Crippen MR) is 56.5 cm³/mol. The first-order chi connectivity index (χ1) is 8.49. The van der Waals surface area contributed by atoms with Gasteiger partial charge in [0.2, 0.25) is 24.6 Å². The van der Waals surface area contributed by atoms with Crippen LogP contribution in [0, 0.1) is 0 Å². The van der Waals surface area contributed by atoms with Crippen molar-refractivity contribution in [3.63, 3.8) is 0 Å². The molecule has 2 atom stereocenters. The molecule has 0 fully saturated rings. The molecule has 0 heterocycles. The normalized spacial score (nSPS) is 12.8. The van der Waals surface area contributed by atoms with E-state index in [-0.39, 0.29) is 0 Å². The van der Waals surface area contributed by atoms with Crippen LogP contribution in [-0.4, -0.2) is 36.6 Å². The van der Waals surface area contributed by atoms with E-state index in [1.165, 1.54) is 26.0 Å². The highest BCUT2D eigenvalue weighted by molar-refractivity contribution is 5.91. The summed E-state index contributed by atoms with van der Waals surface area (Å²) in [5, 5.41) is 0. The molecule has 0 saturated carbocycles. The maximum absolute atomic E-state index is 11.1. The summed E-state index contributed by atoms with van der Waals surface area (Å²) < 4.78 is 9.09. The minimum atomic E-state index is -0.991. The Kier molecular flexibility index (Phi) is 7.36. The van der Waals surface area contributed by atoms with Gasteiger partial charge in [-0.3, -0.25) is 0 Å². The molecule has 8 heteroatoms. The van der Waals surface area contributed by atoms with Crippen molar-refractivity contribution in [1.82, 2.24) is 0 Å². The number of ether oxygens (including phenoxy) is 2. The van der Waals surface area contributed by atoms with Crippen LogP contribution < -0.4 is 0 Å². The molecule has 96 valence electrons. The lowest BCUT2D eigenvalue weighted by Crippen LogP contribution is -2.13. The zero-order valence-corrected chi connectivity index (χ0v) is 9.65. The average molecular weight is 254 g/mol. The van der Waals surface area contributed by atoms with Crippen LogP contribution in [0.4, 0.5) is 0 Å². The molecule has 0 radical (unpaired) electrons. The van der Waals surface area contributed by atoms with Crippen molar-refractivity contribution in [3.8, 4) is 0 Å². The van der Waals surface area contributed by atoms with Gasteiger partial charge in [-0.25, -0.2) is 19.2 Å². The molecule has 0 amide bonds. The Morgan fingerprint density at radius 1 is 0.944 bits per heavy atom. The van der Waals surface area contributed by atoms with Crippen molar-refractivity contribution in [3.05, 3.63) is 12.2 Å². The van der Waals surface area contributed by atoms with Gasteiger partial charge in [-0.1, -0.05) is 0 Å². The monoisotopic (exact) mass is 254 g/mol. The molecule has 0 rings (SSSR count). The van der Waals surface area contributed by atoms with E-state index in [0.717, 1.165) is 12.2 Å². The molecule has 18 heavy (non-hydrogen) atoms. The van der Waals surface area contributed by atoms with E-state index in [1.807, 2.05) is 0 Å². The quantitative estimate of drug-likeness (QED) is 0.285. The molecular formula is C10H10N2O6. The molecule has 0 aromatic heterocycles. The summed E-state index contributed by atoms with van der Waals surface area (Å²) in [6, 6.07) is 0. The summed E-state index contributed by atoms with van der Waals surface area (Å²) in [5.41, 5.74) is 0. The highest BCUT2D eigenvalue weighted by atomic mass is 16.6. The molecule has 0 spiro atoms. The predicted octanol–water partition coefficient (Wildman–Crippen LogP) is -0.00740. The van der Waals surface area contributed by atoms with Crippen LogP contribution in [0.25, 0.3) is 0 Å². The molecular weight excluding hydrogens is 244 g/mol. The molecule has 0 aromatic carbocycles. The van der Waals surface area contributed by atoms with E-state index in [1.54, 1.807) is 0 Å². The minimum absolute atomic E-state index is 0.788. The largest absolute Gasteiger partial charge is 0.436 e. The standard InChI is InChI=1S/C10H10N2O6/c1-7(11-5-13)17-9(15)3-4-10(16)18-8(2)12-6-14/h3-4,7-8H,1-2H3. The fourth-order valence-corrected chi connectivity index (χ4v) is 0.752. The van der Waals surface area contributed by atoms with Crippen molar-refractivity contribution in [2.24, 2.45) is 9.98 Å². The van der Waals surface area contributed by atoms with Crippen LogP contribution in [0.1, 0.15) is 13.8 Å². The Bertz CT molecular complexity index is 392. The van der Waals surface area contributed by atoms with Crippen LogP contribution in [0.15, 0.2) is 22.1 Å². The molecule has 2 unspecified atom stereocenters. The van der Waals surface area contributed by atoms with Crippen LogP contribution >= 0.6 is 0 Å². The molecule has 0 bridgehead atoms. The van der Waals surface area contributed by atoms with E-state index in [0.29, 0.717) is 0 Å². The van der Waals surface area contributed by atoms with Crippen LogP contribution in [0.2, 0.25) is 0 Å². The number of esters is 2. The number of aliphatic imine (C=N–C) groups is 2. The van der Waals surface area contributed by atoms with E-state index in [2.05, 4.69) is 19.5 Å². The number of isocyanates is 2. The third kappa shape index (κ3) is 7.70. The summed E-state index contributed by atoms with van der Waals surface area (Å²) in [4.78, 5) is 48.0. The van der Waals surface area contributed by atoms with Gasteiger partial charge in [0.05, 0.1) is 0 Å². The van der Waals surface area contributed by atoms with E-state index in [9.17, 15) is 19.2 Å². The summed E-state index contributed by atoms with van der Waals surface area (Å²) in [5.74, 6) is -1.77. The second kappa shape index (κ2) is 8.58. The van der Waals surface area contributed by atoms with Crippen LogP contribution in [0.3, 0.4) is 0 Å². The Labute approximate surface area is 102 Å². The van der Waals surface area contributed by atoms with E-state index < -0.39 is 24.4 Å². The first kappa shape index (κ1) is 15.4. The summed E-state index contributed by atoms with van der Waals surface area (Å²) >= 11 is 0. The molecule has 0 N–H and O–H groups in total. The third-order valence-electron chi connectivity index (χ3n) is 1.40. The van der Waals surface area contributed by atoms with Crippen molar-refractivity contribution in [2.45, 2.75) is 26.3 Å². The van der Waals surface area contributed by atoms with E-state index in [4.69, 9.17) is 0 Å². The molecule has 8 nitrogen and oxygen atoms in total. The SMILES string of the molecule is CC(N=C=O)OC(=O)C=CC(=O)OC(C)N=C=O. The Hall–Kier alpha value is -2.56. The summed E-state index contributed by atoms with van der Waals surface area (Å²) in [7, 11) is 0. The highest BCUT2D eigenvalue weighted by Gasteiger charge is 2.07. The van der Waals surface area contributed by atoms with Gasteiger partial charge in [0.25, 0.3) is 0 Å². The molecule has 0 aromatic rings. The molecule has 0 aliphatic rings. The molecule has 0 saturated heterocycles. The van der Waals surface area contributed by atoms with Gasteiger partial charge in [0.15, 0.2) is 0 Å². The Morgan fingerprint density at radius 2 is 1.28 bits per heavy atom. The Morgan fingerprint density at radius 3 is 1.56 bits per heavy atom. The van der Waals surface area contributed by atoms with Gasteiger partial charge in [0, 0.05) is 12.2 Å². The molecule has 0 aliphatic heterocycles. The first-order valence-electron chi connectivity index (χ1n) is 4.73. The number of carbonyl (C=O) groups excluding carboxylic acids is 4. The fraction of sp³-hybridized carbons (Fsp3) is 0.400. The van der Waals surface area contributed by atoms with Gasteiger partial charge in [-0.05, 0) is 13.8 Å². The topological polar surface area (TPSA) is 111 Å². The van der Waals surface area contributed by atoms with Crippen molar-refractivity contribution in [2.75, 3.05) is 0 Å². The lowest BCUT2D eigenvalue weighted by molar-refractivity contribution is -0.144. The zero-order chi connectivity index (χ0) is 14.0. The highest BCUT2D eigenvalue weighted by Crippen LogP contribution is 1.96. The number of nitrogens with zero attached hydrogens (tertiary/aromatic N) is 2. The van der Waals surface area contributed by atoms with Crippen LogP contribution in [-0.2, 0) is 28.7 Å². The summed E-state index contributed by atoms with van der Waals surface area (Å²) in [6.07, 6.45) is 2.02. The smallest absolute Gasteiger partial charge is 0.333 e. The van der Waals surface area contributed by atoms with Gasteiger partial charge in [-0.2, -0.15) is 9.98 Å². The zero-order valence-electron chi connectivity index (χ0n) is 9.65. The molecule has 0 aliphatic carbocycles. The second-order valence-corrected chi connectivity index (χ2v) is 2.85. The average Bonchev–Trinajstić information content (AvgIpc) is 2.27. The Balaban J connectivity index is 4.21. The van der Waals surface area contributed by atoms with Gasteiger partial charge >= 0.3 is 11.9 Å². The lowest BCUT2D eigenvalue weighted by Gasteiger charge is -2.04. The van der Waals surface area contributed by atoms with Crippen molar-refractivity contribution >= 4 is 24.1 Å².